The summed E-state index contributed by atoms with van der Waals surface area (Å²) in [6, 6.07) is -0.372. The van der Waals surface area contributed by atoms with Crippen molar-refractivity contribution >= 4 is 12.0 Å². The van der Waals surface area contributed by atoms with Crippen molar-refractivity contribution in [1.29, 1.82) is 0 Å². The minimum atomic E-state index is -1.28. The molecule has 114 valence electrons. The smallest absolute Gasteiger partial charge is 0.332 e. The molecule has 0 saturated carbocycles. The molecule has 2 heterocycles. The number of carbonyl (C=O) groups is 2. The number of hydrogen-bond acceptors (Lipinski definition) is 4. The summed E-state index contributed by atoms with van der Waals surface area (Å²) >= 11 is 0. The molecule has 20 heavy (non-hydrogen) atoms. The molecule has 0 aliphatic carbocycles. The van der Waals surface area contributed by atoms with Gasteiger partial charge in [-0.1, -0.05) is 0 Å². The lowest BCUT2D eigenvalue weighted by Gasteiger charge is -2.30. The summed E-state index contributed by atoms with van der Waals surface area (Å²) in [5.74, 6) is -0.724. The summed E-state index contributed by atoms with van der Waals surface area (Å²) in [4.78, 5) is 25.0. The Bertz CT molecular complexity index is 362. The first-order chi connectivity index (χ1) is 9.53. The number of carboxylic acids is 1. The number of urea groups is 1. The second-order valence-electron chi connectivity index (χ2n) is 5.58. The summed E-state index contributed by atoms with van der Waals surface area (Å²) < 4.78 is 10.5. The Morgan fingerprint density at radius 3 is 2.75 bits per heavy atom. The maximum Gasteiger partial charge on any atom is 0.332 e. The fourth-order valence-corrected chi connectivity index (χ4v) is 2.61. The van der Waals surface area contributed by atoms with Crippen LogP contribution in [0.2, 0.25) is 0 Å². The number of carbonyl (C=O) groups excluding carboxylic acids is 1. The van der Waals surface area contributed by atoms with Gasteiger partial charge in [0.1, 0.15) is 0 Å². The highest BCUT2D eigenvalue weighted by molar-refractivity contribution is 5.86. The van der Waals surface area contributed by atoms with Crippen molar-refractivity contribution in [1.82, 2.24) is 10.2 Å². The van der Waals surface area contributed by atoms with E-state index in [1.807, 2.05) is 0 Å². The molecular formula is C13H22N2O5. The maximum atomic E-state index is 12.1. The summed E-state index contributed by atoms with van der Waals surface area (Å²) in [5, 5.41) is 11.9. The highest BCUT2D eigenvalue weighted by Gasteiger charge is 2.44. The predicted octanol–water partition coefficient (Wildman–Crippen LogP) is 0.298. The molecule has 0 aromatic heterocycles. The SMILES string of the molecule is CN(CC1CCCOC1)C(=O)NC1(C(=O)O)CCOC1. The van der Waals surface area contributed by atoms with Gasteiger partial charge in [0.15, 0.2) is 5.54 Å². The van der Waals surface area contributed by atoms with Crippen LogP contribution in [0.5, 0.6) is 0 Å². The lowest BCUT2D eigenvalue weighted by atomic mass is 9.99. The normalized spacial score (nSPS) is 29.9. The first kappa shape index (κ1) is 15.1. The summed E-state index contributed by atoms with van der Waals surface area (Å²) in [5.41, 5.74) is -1.28. The van der Waals surface area contributed by atoms with Crippen LogP contribution in [0, 0.1) is 5.92 Å². The fourth-order valence-electron chi connectivity index (χ4n) is 2.61. The molecule has 2 N–H and O–H groups in total. The second-order valence-corrected chi connectivity index (χ2v) is 5.58. The Labute approximate surface area is 118 Å². The molecule has 2 atom stereocenters. The van der Waals surface area contributed by atoms with E-state index in [9.17, 15) is 14.7 Å². The summed E-state index contributed by atoms with van der Waals surface area (Å²) in [6.45, 7) is 2.39. The van der Waals surface area contributed by atoms with Crippen LogP contribution >= 0.6 is 0 Å². The third-order valence-corrected chi connectivity index (χ3v) is 3.91. The standard InChI is InChI=1S/C13H22N2O5/c1-15(7-10-3-2-5-19-8-10)12(18)14-13(11(16)17)4-6-20-9-13/h10H,2-9H2,1H3,(H,14,18)(H,16,17). The van der Waals surface area contributed by atoms with Gasteiger partial charge in [0.2, 0.25) is 0 Å². The molecule has 2 fully saturated rings. The van der Waals surface area contributed by atoms with E-state index in [1.54, 1.807) is 7.05 Å². The molecule has 0 bridgehead atoms. The molecule has 0 aromatic carbocycles. The van der Waals surface area contributed by atoms with Gasteiger partial charge in [-0.2, -0.15) is 0 Å². The van der Waals surface area contributed by atoms with Gasteiger partial charge < -0.3 is 24.8 Å². The Hall–Kier alpha value is -1.34. The molecule has 0 aromatic rings. The van der Waals surface area contributed by atoms with Crippen molar-refractivity contribution in [3.63, 3.8) is 0 Å². The van der Waals surface area contributed by atoms with Crippen LogP contribution in [-0.4, -0.2) is 67.6 Å². The average molecular weight is 286 g/mol. The van der Waals surface area contributed by atoms with Crippen molar-refractivity contribution in [3.8, 4) is 0 Å². The molecule has 2 unspecified atom stereocenters. The van der Waals surface area contributed by atoms with E-state index in [0.717, 1.165) is 19.4 Å². The Morgan fingerprint density at radius 1 is 1.40 bits per heavy atom. The molecule has 0 spiro atoms. The van der Waals surface area contributed by atoms with Gasteiger partial charge in [-0.25, -0.2) is 9.59 Å². The van der Waals surface area contributed by atoms with Crippen LogP contribution in [-0.2, 0) is 14.3 Å². The lowest BCUT2D eigenvalue weighted by Crippen LogP contribution is -2.58. The highest BCUT2D eigenvalue weighted by Crippen LogP contribution is 2.20. The fraction of sp³-hybridized carbons (Fsp3) is 0.846. The third-order valence-electron chi connectivity index (χ3n) is 3.91. The second kappa shape index (κ2) is 6.41. The van der Waals surface area contributed by atoms with E-state index in [2.05, 4.69) is 5.32 Å². The third kappa shape index (κ3) is 3.40. The van der Waals surface area contributed by atoms with Crippen LogP contribution in [0.15, 0.2) is 0 Å². The molecule has 7 heteroatoms. The molecule has 2 amide bonds. The van der Waals surface area contributed by atoms with E-state index in [0.29, 0.717) is 32.1 Å². The summed E-state index contributed by atoms with van der Waals surface area (Å²) in [7, 11) is 1.68. The van der Waals surface area contributed by atoms with Crippen molar-refractivity contribution in [2.24, 2.45) is 5.92 Å². The van der Waals surface area contributed by atoms with Gasteiger partial charge >= 0.3 is 12.0 Å². The van der Waals surface area contributed by atoms with Crippen molar-refractivity contribution in [2.75, 3.05) is 40.0 Å². The number of carboxylic acid groups (broad SMARTS) is 1. The largest absolute Gasteiger partial charge is 0.479 e. The highest BCUT2D eigenvalue weighted by atomic mass is 16.5. The number of nitrogens with zero attached hydrogens (tertiary/aromatic N) is 1. The van der Waals surface area contributed by atoms with Gasteiger partial charge in [0.25, 0.3) is 0 Å². The molecule has 2 rings (SSSR count). The predicted molar refractivity (Wildman–Crippen MR) is 70.5 cm³/mol. The minimum absolute atomic E-state index is 0.0223. The van der Waals surface area contributed by atoms with Crippen LogP contribution < -0.4 is 5.32 Å². The first-order valence-corrected chi connectivity index (χ1v) is 6.96. The molecule has 2 aliphatic heterocycles. The molecule has 7 nitrogen and oxygen atoms in total. The van der Waals surface area contributed by atoms with E-state index in [4.69, 9.17) is 9.47 Å². The van der Waals surface area contributed by atoms with E-state index >= 15 is 0 Å². The van der Waals surface area contributed by atoms with Gasteiger partial charge in [-0.3, -0.25) is 0 Å². The van der Waals surface area contributed by atoms with Crippen molar-refractivity contribution in [3.05, 3.63) is 0 Å². The zero-order valence-electron chi connectivity index (χ0n) is 11.8. The van der Waals surface area contributed by atoms with Crippen molar-refractivity contribution < 1.29 is 24.2 Å². The first-order valence-electron chi connectivity index (χ1n) is 6.96. The Kier molecular flexibility index (Phi) is 4.82. The molecule has 2 aliphatic rings. The monoisotopic (exact) mass is 286 g/mol. The zero-order chi connectivity index (χ0) is 14.6. The number of hydrogen-bond donors (Lipinski definition) is 2. The van der Waals surface area contributed by atoms with E-state index in [-0.39, 0.29) is 12.6 Å². The van der Waals surface area contributed by atoms with Crippen LogP contribution in [0.25, 0.3) is 0 Å². The number of nitrogens with one attached hydrogen (secondary N) is 1. The van der Waals surface area contributed by atoms with E-state index in [1.165, 1.54) is 4.90 Å². The topological polar surface area (TPSA) is 88.1 Å². The van der Waals surface area contributed by atoms with Crippen LogP contribution in [0.4, 0.5) is 4.79 Å². The maximum absolute atomic E-state index is 12.1. The lowest BCUT2D eigenvalue weighted by molar-refractivity contribution is -0.144. The quantitative estimate of drug-likeness (QED) is 0.776. The molecular weight excluding hydrogens is 264 g/mol. The van der Waals surface area contributed by atoms with Gasteiger partial charge in [0, 0.05) is 39.1 Å². The Morgan fingerprint density at radius 2 is 2.20 bits per heavy atom. The Balaban J connectivity index is 1.87. The summed E-state index contributed by atoms with van der Waals surface area (Å²) in [6.07, 6.45) is 2.34. The van der Waals surface area contributed by atoms with Crippen LogP contribution in [0.3, 0.4) is 0 Å². The number of aliphatic carboxylic acids is 1. The van der Waals surface area contributed by atoms with Crippen molar-refractivity contribution in [2.45, 2.75) is 24.8 Å². The van der Waals surface area contributed by atoms with E-state index < -0.39 is 11.5 Å². The number of amides is 2. The van der Waals surface area contributed by atoms with Crippen LogP contribution in [0.1, 0.15) is 19.3 Å². The van der Waals surface area contributed by atoms with Gasteiger partial charge in [-0.15, -0.1) is 0 Å². The number of rotatable bonds is 4. The minimum Gasteiger partial charge on any atom is -0.479 e. The zero-order valence-corrected chi connectivity index (χ0v) is 11.8. The average Bonchev–Trinajstić information content (AvgIpc) is 2.89. The number of ether oxygens (including phenoxy) is 2. The molecule has 0 radical (unpaired) electrons. The van der Waals surface area contributed by atoms with Gasteiger partial charge in [0.05, 0.1) is 13.2 Å². The molecule has 2 saturated heterocycles. The van der Waals surface area contributed by atoms with Gasteiger partial charge in [-0.05, 0) is 12.8 Å².